The van der Waals surface area contributed by atoms with Crippen LogP contribution in [0.25, 0.3) is 0 Å². The maximum absolute atomic E-state index is 5.17. The van der Waals surface area contributed by atoms with Gasteiger partial charge in [0, 0.05) is 11.5 Å². The third kappa shape index (κ3) is 4.83. The zero-order valence-electron chi connectivity index (χ0n) is 12.4. The van der Waals surface area contributed by atoms with Crippen molar-refractivity contribution in [3.63, 3.8) is 0 Å². The van der Waals surface area contributed by atoms with Crippen LogP contribution in [-0.4, -0.2) is 5.16 Å². The van der Waals surface area contributed by atoms with E-state index in [4.69, 9.17) is 4.52 Å². The van der Waals surface area contributed by atoms with Crippen LogP contribution in [0, 0.1) is 0 Å². The number of hydrogen-bond donors (Lipinski definition) is 0. The van der Waals surface area contributed by atoms with Crippen molar-refractivity contribution in [2.45, 2.75) is 84.5 Å². The van der Waals surface area contributed by atoms with E-state index in [1.54, 1.807) is 0 Å². The summed E-state index contributed by atoms with van der Waals surface area (Å²) in [5.74, 6) is 0.621. The first-order chi connectivity index (χ1) is 8.83. The van der Waals surface area contributed by atoms with E-state index in [1.807, 2.05) is 6.26 Å². The van der Waals surface area contributed by atoms with Gasteiger partial charge >= 0.3 is 0 Å². The number of nitrogens with zero attached hydrogens (tertiary/aromatic N) is 1. The van der Waals surface area contributed by atoms with Crippen LogP contribution in [0.4, 0.5) is 0 Å². The molecule has 1 heterocycles. The second-order valence-electron chi connectivity index (χ2n) is 5.27. The minimum Gasteiger partial charge on any atom is -0.364 e. The first-order valence-corrected chi connectivity index (χ1v) is 7.76. The molecule has 1 unspecified atom stereocenters. The molecule has 1 rings (SSSR count). The lowest BCUT2D eigenvalue weighted by molar-refractivity contribution is 0.394. The van der Waals surface area contributed by atoms with E-state index in [1.165, 1.54) is 62.6 Å². The Morgan fingerprint density at radius 2 is 1.72 bits per heavy atom. The molecule has 0 amide bonds. The summed E-state index contributed by atoms with van der Waals surface area (Å²) in [7, 11) is 0. The van der Waals surface area contributed by atoms with Gasteiger partial charge in [-0.15, -0.1) is 0 Å². The van der Waals surface area contributed by atoms with Crippen molar-refractivity contribution < 1.29 is 4.52 Å². The molecule has 1 aromatic heterocycles. The van der Waals surface area contributed by atoms with Crippen LogP contribution >= 0.6 is 0 Å². The van der Waals surface area contributed by atoms with E-state index in [0.29, 0.717) is 5.92 Å². The molecule has 0 bridgehead atoms. The Balaban J connectivity index is 2.54. The summed E-state index contributed by atoms with van der Waals surface area (Å²) >= 11 is 0. The topological polar surface area (TPSA) is 26.0 Å². The first-order valence-electron chi connectivity index (χ1n) is 7.76. The molecule has 0 fully saturated rings. The molecule has 0 N–H and O–H groups in total. The standard InChI is InChI=1S/C16H29NO/c1-4-7-9-10-12-15(11-8-5-2)16-14(6-3)13-18-17-16/h13,15H,4-12H2,1-3H3. The molecule has 0 aromatic carbocycles. The molecule has 0 aliphatic rings. The van der Waals surface area contributed by atoms with Gasteiger partial charge in [-0.3, -0.25) is 0 Å². The minimum atomic E-state index is 0.621. The summed E-state index contributed by atoms with van der Waals surface area (Å²) in [4.78, 5) is 0. The highest BCUT2D eigenvalue weighted by Crippen LogP contribution is 2.29. The maximum atomic E-state index is 5.17. The fraction of sp³-hybridized carbons (Fsp3) is 0.812. The highest BCUT2D eigenvalue weighted by Gasteiger charge is 2.17. The van der Waals surface area contributed by atoms with Crippen molar-refractivity contribution in [2.24, 2.45) is 0 Å². The van der Waals surface area contributed by atoms with Crippen molar-refractivity contribution in [1.82, 2.24) is 5.16 Å². The van der Waals surface area contributed by atoms with Crippen LogP contribution in [0.5, 0.6) is 0 Å². The van der Waals surface area contributed by atoms with Gasteiger partial charge in [0.15, 0.2) is 0 Å². The molecule has 1 aromatic rings. The number of rotatable bonds is 10. The van der Waals surface area contributed by atoms with Gasteiger partial charge in [-0.2, -0.15) is 0 Å². The molecule has 2 heteroatoms. The minimum absolute atomic E-state index is 0.621. The fourth-order valence-corrected chi connectivity index (χ4v) is 2.55. The fourth-order valence-electron chi connectivity index (χ4n) is 2.55. The van der Waals surface area contributed by atoms with Crippen molar-refractivity contribution in [2.75, 3.05) is 0 Å². The van der Waals surface area contributed by atoms with Crippen LogP contribution in [0.15, 0.2) is 10.8 Å². The molecule has 18 heavy (non-hydrogen) atoms. The first kappa shape index (κ1) is 15.3. The van der Waals surface area contributed by atoms with Crippen molar-refractivity contribution >= 4 is 0 Å². The van der Waals surface area contributed by atoms with Gasteiger partial charge in [0.25, 0.3) is 0 Å². The Morgan fingerprint density at radius 1 is 1.00 bits per heavy atom. The van der Waals surface area contributed by atoms with Crippen LogP contribution in [0.2, 0.25) is 0 Å². The molecule has 2 nitrogen and oxygen atoms in total. The molecular formula is C16H29NO. The Hall–Kier alpha value is -0.790. The van der Waals surface area contributed by atoms with Crippen LogP contribution in [0.1, 0.15) is 89.3 Å². The third-order valence-electron chi connectivity index (χ3n) is 3.75. The molecule has 1 atom stereocenters. The Labute approximate surface area is 112 Å². The highest BCUT2D eigenvalue weighted by molar-refractivity contribution is 5.18. The highest BCUT2D eigenvalue weighted by atomic mass is 16.5. The molecule has 0 spiro atoms. The van der Waals surface area contributed by atoms with Crippen molar-refractivity contribution in [3.8, 4) is 0 Å². The van der Waals surface area contributed by atoms with Crippen molar-refractivity contribution in [1.29, 1.82) is 0 Å². The van der Waals surface area contributed by atoms with E-state index < -0.39 is 0 Å². The van der Waals surface area contributed by atoms with Gasteiger partial charge in [0.05, 0.1) is 5.69 Å². The van der Waals surface area contributed by atoms with Gasteiger partial charge < -0.3 is 4.52 Å². The second kappa shape index (κ2) is 9.18. The van der Waals surface area contributed by atoms with E-state index in [0.717, 1.165) is 6.42 Å². The van der Waals surface area contributed by atoms with E-state index in [2.05, 4.69) is 25.9 Å². The summed E-state index contributed by atoms with van der Waals surface area (Å²) in [6.07, 6.45) is 13.3. The smallest absolute Gasteiger partial charge is 0.127 e. The average Bonchev–Trinajstić information content (AvgIpc) is 2.86. The van der Waals surface area contributed by atoms with Crippen LogP contribution in [-0.2, 0) is 6.42 Å². The monoisotopic (exact) mass is 251 g/mol. The number of aryl methyl sites for hydroxylation is 1. The predicted molar refractivity (Wildman–Crippen MR) is 76.9 cm³/mol. The summed E-state index contributed by atoms with van der Waals surface area (Å²) < 4.78 is 5.17. The molecule has 0 saturated carbocycles. The van der Waals surface area contributed by atoms with Gasteiger partial charge in [-0.1, -0.05) is 64.5 Å². The van der Waals surface area contributed by atoms with Crippen LogP contribution < -0.4 is 0 Å². The second-order valence-corrected chi connectivity index (χ2v) is 5.27. The molecule has 0 aliphatic heterocycles. The largest absolute Gasteiger partial charge is 0.364 e. The number of unbranched alkanes of at least 4 members (excludes halogenated alkanes) is 4. The summed E-state index contributed by atoms with van der Waals surface area (Å²) in [5.41, 5.74) is 2.55. The van der Waals surface area contributed by atoms with Crippen LogP contribution in [0.3, 0.4) is 0 Å². The molecule has 0 saturated heterocycles. The van der Waals surface area contributed by atoms with Gasteiger partial charge in [0.1, 0.15) is 6.26 Å². The van der Waals surface area contributed by atoms with E-state index in [-0.39, 0.29) is 0 Å². The van der Waals surface area contributed by atoms with Gasteiger partial charge in [-0.05, 0) is 19.3 Å². The van der Waals surface area contributed by atoms with Gasteiger partial charge in [-0.25, -0.2) is 0 Å². The normalized spacial score (nSPS) is 12.8. The molecule has 104 valence electrons. The summed E-state index contributed by atoms with van der Waals surface area (Å²) in [6, 6.07) is 0. The SMILES string of the molecule is CCCCCCC(CCCC)c1nocc1CC. The Kier molecular flexibility index (Phi) is 7.79. The van der Waals surface area contributed by atoms with Crippen molar-refractivity contribution in [3.05, 3.63) is 17.5 Å². The molecule has 0 aliphatic carbocycles. The third-order valence-corrected chi connectivity index (χ3v) is 3.75. The summed E-state index contributed by atoms with van der Waals surface area (Å²) in [5, 5.41) is 4.26. The zero-order chi connectivity index (χ0) is 13.2. The lowest BCUT2D eigenvalue weighted by atomic mass is 9.90. The van der Waals surface area contributed by atoms with E-state index >= 15 is 0 Å². The predicted octanol–water partition coefficient (Wildman–Crippen LogP) is 5.48. The summed E-state index contributed by atoms with van der Waals surface area (Å²) in [6.45, 7) is 6.71. The Bertz CT molecular complexity index is 306. The lowest BCUT2D eigenvalue weighted by Gasteiger charge is -2.15. The molecule has 0 radical (unpaired) electrons. The Morgan fingerprint density at radius 3 is 2.39 bits per heavy atom. The quantitative estimate of drug-likeness (QED) is 0.514. The molecular weight excluding hydrogens is 222 g/mol. The van der Waals surface area contributed by atoms with Gasteiger partial charge in [0.2, 0.25) is 0 Å². The maximum Gasteiger partial charge on any atom is 0.127 e. The number of hydrogen-bond acceptors (Lipinski definition) is 2. The number of aromatic nitrogens is 1. The van der Waals surface area contributed by atoms with E-state index in [9.17, 15) is 0 Å². The zero-order valence-corrected chi connectivity index (χ0v) is 12.4. The lowest BCUT2D eigenvalue weighted by Crippen LogP contribution is -2.03. The average molecular weight is 251 g/mol.